The highest BCUT2D eigenvalue weighted by Crippen LogP contribution is 2.30. The van der Waals surface area contributed by atoms with E-state index in [0.29, 0.717) is 39.3 Å². The van der Waals surface area contributed by atoms with Crippen LogP contribution in [0.2, 0.25) is 0 Å². The van der Waals surface area contributed by atoms with E-state index in [-0.39, 0.29) is 11.9 Å². The second-order valence-corrected chi connectivity index (χ2v) is 5.31. The first-order valence-corrected chi connectivity index (χ1v) is 6.36. The summed E-state index contributed by atoms with van der Waals surface area (Å²) >= 11 is 0. The molecule has 2 aliphatic rings. The van der Waals surface area contributed by atoms with Gasteiger partial charge in [-0.2, -0.15) is 0 Å². The Hall–Kier alpha value is -1.14. The fourth-order valence-electron chi connectivity index (χ4n) is 2.55. The number of amides is 1. The number of likely N-dealkylation sites (tertiary alicyclic amines) is 1. The molecule has 0 aromatic rings. The first kappa shape index (κ1) is 13.3. The lowest BCUT2D eigenvalue weighted by atomic mass is 9.82. The van der Waals surface area contributed by atoms with Crippen molar-refractivity contribution in [3.63, 3.8) is 0 Å². The van der Waals surface area contributed by atoms with Gasteiger partial charge in [-0.15, -0.1) is 0 Å². The van der Waals surface area contributed by atoms with E-state index in [2.05, 4.69) is 5.32 Å². The number of carboxylic acid groups (broad SMARTS) is 1. The highest BCUT2D eigenvalue weighted by molar-refractivity contribution is 5.83. The van der Waals surface area contributed by atoms with E-state index in [0.717, 1.165) is 6.42 Å². The van der Waals surface area contributed by atoms with Crippen molar-refractivity contribution < 1.29 is 19.4 Å². The molecule has 1 amide bonds. The third-order valence-corrected chi connectivity index (χ3v) is 3.74. The van der Waals surface area contributed by atoms with E-state index >= 15 is 0 Å². The van der Waals surface area contributed by atoms with Crippen LogP contribution in [0.4, 0.5) is 0 Å². The SMILES string of the molecule is CC1(C(=O)O)CCCN(C(=O)C2COCCN2)C1. The molecule has 2 fully saturated rings. The number of nitrogens with zero attached hydrogens (tertiary/aromatic N) is 1. The molecule has 2 rings (SSSR count). The normalized spacial score (nSPS) is 33.2. The van der Waals surface area contributed by atoms with Gasteiger partial charge in [-0.3, -0.25) is 9.59 Å². The number of nitrogens with one attached hydrogen (secondary N) is 1. The molecule has 0 spiro atoms. The first-order valence-electron chi connectivity index (χ1n) is 6.36. The minimum Gasteiger partial charge on any atom is -0.481 e. The maximum Gasteiger partial charge on any atom is 0.311 e. The molecule has 2 saturated heterocycles. The Kier molecular flexibility index (Phi) is 3.87. The van der Waals surface area contributed by atoms with Gasteiger partial charge in [0.25, 0.3) is 0 Å². The largest absolute Gasteiger partial charge is 0.481 e. The number of morpholine rings is 1. The highest BCUT2D eigenvalue weighted by atomic mass is 16.5. The van der Waals surface area contributed by atoms with Crippen LogP contribution in [0.3, 0.4) is 0 Å². The number of rotatable bonds is 2. The maximum atomic E-state index is 12.3. The zero-order valence-corrected chi connectivity index (χ0v) is 10.6. The molecule has 2 unspecified atom stereocenters. The predicted octanol–water partition coefficient (Wildman–Crippen LogP) is -0.312. The monoisotopic (exact) mass is 256 g/mol. The Bertz CT molecular complexity index is 341. The van der Waals surface area contributed by atoms with Crippen LogP contribution >= 0.6 is 0 Å². The van der Waals surface area contributed by atoms with Crippen molar-refractivity contribution in [2.45, 2.75) is 25.8 Å². The summed E-state index contributed by atoms with van der Waals surface area (Å²) in [5, 5.41) is 12.3. The lowest BCUT2D eigenvalue weighted by molar-refractivity contribution is -0.154. The van der Waals surface area contributed by atoms with E-state index in [9.17, 15) is 14.7 Å². The first-order chi connectivity index (χ1) is 8.53. The lowest BCUT2D eigenvalue weighted by Gasteiger charge is -2.39. The molecule has 0 saturated carbocycles. The van der Waals surface area contributed by atoms with Crippen LogP contribution in [0.25, 0.3) is 0 Å². The molecule has 2 N–H and O–H groups in total. The molecule has 6 heteroatoms. The summed E-state index contributed by atoms with van der Waals surface area (Å²) in [6.45, 7) is 4.30. The smallest absolute Gasteiger partial charge is 0.311 e. The molecule has 6 nitrogen and oxygen atoms in total. The lowest BCUT2D eigenvalue weighted by Crippen LogP contribution is -2.56. The van der Waals surface area contributed by atoms with Crippen LogP contribution in [0.5, 0.6) is 0 Å². The van der Waals surface area contributed by atoms with Crippen molar-refractivity contribution >= 4 is 11.9 Å². The number of carbonyl (C=O) groups excluding carboxylic acids is 1. The van der Waals surface area contributed by atoms with Crippen molar-refractivity contribution in [2.75, 3.05) is 32.8 Å². The predicted molar refractivity (Wildman–Crippen MR) is 64.2 cm³/mol. The quantitative estimate of drug-likeness (QED) is 0.708. The van der Waals surface area contributed by atoms with Crippen LogP contribution in [0.15, 0.2) is 0 Å². The van der Waals surface area contributed by atoms with E-state index in [1.165, 1.54) is 0 Å². The van der Waals surface area contributed by atoms with Gasteiger partial charge in [-0.05, 0) is 19.8 Å². The standard InChI is InChI=1S/C12H20N2O4/c1-12(11(16)17)3-2-5-14(8-12)10(15)9-7-18-6-4-13-9/h9,13H,2-8H2,1H3,(H,16,17). The number of ether oxygens (including phenoxy) is 1. The fraction of sp³-hybridized carbons (Fsp3) is 0.833. The number of hydrogen-bond acceptors (Lipinski definition) is 4. The Labute approximate surface area is 106 Å². The molecule has 2 heterocycles. The number of aliphatic carboxylic acids is 1. The van der Waals surface area contributed by atoms with Crippen molar-refractivity contribution in [3.05, 3.63) is 0 Å². The Morgan fingerprint density at radius 2 is 2.28 bits per heavy atom. The molecule has 0 radical (unpaired) electrons. The van der Waals surface area contributed by atoms with Gasteiger partial charge < -0.3 is 20.1 Å². The summed E-state index contributed by atoms with van der Waals surface area (Å²) < 4.78 is 5.27. The molecular formula is C12H20N2O4. The van der Waals surface area contributed by atoms with Crippen LogP contribution in [0.1, 0.15) is 19.8 Å². The molecule has 2 atom stereocenters. The number of hydrogen-bond donors (Lipinski definition) is 2. The minimum atomic E-state index is -0.826. The van der Waals surface area contributed by atoms with Gasteiger partial charge in [-0.25, -0.2) is 0 Å². The van der Waals surface area contributed by atoms with Gasteiger partial charge in [0.1, 0.15) is 6.04 Å². The number of carboxylic acids is 1. The van der Waals surface area contributed by atoms with Crippen LogP contribution in [-0.4, -0.2) is 60.8 Å². The molecule has 0 aliphatic carbocycles. The number of piperidine rings is 1. The zero-order valence-electron chi connectivity index (χ0n) is 10.6. The Morgan fingerprint density at radius 3 is 2.89 bits per heavy atom. The van der Waals surface area contributed by atoms with Gasteiger partial charge in [0.15, 0.2) is 0 Å². The molecule has 18 heavy (non-hydrogen) atoms. The highest BCUT2D eigenvalue weighted by Gasteiger charge is 2.40. The van der Waals surface area contributed by atoms with E-state index in [4.69, 9.17) is 4.74 Å². The summed E-state index contributed by atoms with van der Waals surface area (Å²) in [5.74, 6) is -0.866. The fourth-order valence-corrected chi connectivity index (χ4v) is 2.55. The Balaban J connectivity index is 1.99. The molecular weight excluding hydrogens is 236 g/mol. The van der Waals surface area contributed by atoms with E-state index in [1.54, 1.807) is 11.8 Å². The zero-order chi connectivity index (χ0) is 13.2. The van der Waals surface area contributed by atoms with Crippen LogP contribution in [0, 0.1) is 5.41 Å². The maximum absolute atomic E-state index is 12.3. The van der Waals surface area contributed by atoms with Gasteiger partial charge in [0.05, 0.1) is 18.6 Å². The second-order valence-electron chi connectivity index (χ2n) is 5.31. The molecule has 0 aromatic heterocycles. The van der Waals surface area contributed by atoms with Gasteiger partial charge in [-0.1, -0.05) is 0 Å². The Morgan fingerprint density at radius 1 is 1.50 bits per heavy atom. The van der Waals surface area contributed by atoms with Crippen molar-refractivity contribution in [1.82, 2.24) is 10.2 Å². The van der Waals surface area contributed by atoms with Crippen LogP contribution in [-0.2, 0) is 14.3 Å². The summed E-state index contributed by atoms with van der Waals surface area (Å²) in [6.07, 6.45) is 1.36. The summed E-state index contributed by atoms with van der Waals surface area (Å²) in [5.41, 5.74) is -0.816. The van der Waals surface area contributed by atoms with E-state index < -0.39 is 11.4 Å². The molecule has 0 aromatic carbocycles. The average molecular weight is 256 g/mol. The van der Waals surface area contributed by atoms with Crippen molar-refractivity contribution in [1.29, 1.82) is 0 Å². The van der Waals surface area contributed by atoms with E-state index in [1.807, 2.05) is 0 Å². The number of carbonyl (C=O) groups is 2. The van der Waals surface area contributed by atoms with Gasteiger partial charge >= 0.3 is 5.97 Å². The summed E-state index contributed by atoms with van der Waals surface area (Å²) in [7, 11) is 0. The van der Waals surface area contributed by atoms with Crippen molar-refractivity contribution in [2.24, 2.45) is 5.41 Å². The minimum absolute atomic E-state index is 0.0399. The van der Waals surface area contributed by atoms with Crippen LogP contribution < -0.4 is 5.32 Å². The molecule has 0 bridgehead atoms. The molecule has 102 valence electrons. The van der Waals surface area contributed by atoms with Crippen molar-refractivity contribution in [3.8, 4) is 0 Å². The average Bonchev–Trinajstić information content (AvgIpc) is 2.39. The topological polar surface area (TPSA) is 78.9 Å². The molecule has 2 aliphatic heterocycles. The summed E-state index contributed by atoms with van der Waals surface area (Å²) in [4.78, 5) is 25.2. The van der Waals surface area contributed by atoms with Gasteiger partial charge in [0.2, 0.25) is 5.91 Å². The van der Waals surface area contributed by atoms with Gasteiger partial charge in [0, 0.05) is 19.6 Å². The third-order valence-electron chi connectivity index (χ3n) is 3.74. The third kappa shape index (κ3) is 2.64. The summed E-state index contributed by atoms with van der Waals surface area (Å²) in [6, 6.07) is -0.324. The second kappa shape index (κ2) is 5.24.